The van der Waals surface area contributed by atoms with E-state index in [0.717, 1.165) is 0 Å². The van der Waals surface area contributed by atoms with Crippen molar-refractivity contribution in [1.29, 1.82) is 0 Å². The highest BCUT2D eigenvalue weighted by atomic mass is 16.6. The summed E-state index contributed by atoms with van der Waals surface area (Å²) in [6, 6.07) is 5.26. The zero-order valence-corrected chi connectivity index (χ0v) is 9.79. The molecule has 0 amide bonds. The Balaban J connectivity index is 2.07. The van der Waals surface area contributed by atoms with Crippen LogP contribution in [0.4, 0.5) is 0 Å². The highest BCUT2D eigenvalue weighted by Gasteiger charge is 2.23. The molecule has 0 spiro atoms. The molecule has 2 aromatic rings. The highest BCUT2D eigenvalue weighted by molar-refractivity contribution is 6.10. The van der Waals surface area contributed by atoms with Gasteiger partial charge in [-0.1, -0.05) is 11.3 Å². The van der Waals surface area contributed by atoms with Crippen LogP contribution in [0.5, 0.6) is 11.5 Å². The fourth-order valence-electron chi connectivity index (χ4n) is 1.89. The maximum atomic E-state index is 12.4. The molecule has 0 saturated carbocycles. The smallest absolute Gasteiger partial charge is 0.216 e. The molecule has 0 saturated heterocycles. The zero-order chi connectivity index (χ0) is 12.5. The Morgan fingerprint density at radius 1 is 1.33 bits per heavy atom. The predicted octanol–water partition coefficient (Wildman–Crippen LogP) is 0.817. The summed E-state index contributed by atoms with van der Waals surface area (Å²) in [5.41, 5.74) is 0.884. The van der Waals surface area contributed by atoms with Gasteiger partial charge in [0.05, 0.1) is 11.8 Å². The van der Waals surface area contributed by atoms with Gasteiger partial charge in [0.1, 0.15) is 18.9 Å². The van der Waals surface area contributed by atoms with Crippen LogP contribution in [0.1, 0.15) is 16.1 Å². The SMILES string of the molecule is Cn1nncc1C(=O)c1cccc2c1OCCO2. The fourth-order valence-corrected chi connectivity index (χ4v) is 1.89. The van der Waals surface area contributed by atoms with E-state index in [0.29, 0.717) is 36.0 Å². The van der Waals surface area contributed by atoms with Crippen LogP contribution in [0.3, 0.4) is 0 Å². The van der Waals surface area contributed by atoms with E-state index >= 15 is 0 Å². The number of para-hydroxylation sites is 1. The normalized spacial score (nSPS) is 13.4. The Hall–Kier alpha value is -2.37. The van der Waals surface area contributed by atoms with Crippen molar-refractivity contribution in [2.75, 3.05) is 13.2 Å². The molecule has 0 radical (unpaired) electrons. The number of nitrogens with zero attached hydrogens (tertiary/aromatic N) is 3. The van der Waals surface area contributed by atoms with Gasteiger partial charge in [-0.05, 0) is 12.1 Å². The summed E-state index contributed by atoms with van der Waals surface area (Å²) in [5.74, 6) is 0.919. The lowest BCUT2D eigenvalue weighted by molar-refractivity contribution is 0.101. The van der Waals surface area contributed by atoms with Gasteiger partial charge >= 0.3 is 0 Å². The van der Waals surface area contributed by atoms with Crippen molar-refractivity contribution in [1.82, 2.24) is 15.0 Å². The van der Waals surface area contributed by atoms with Crippen molar-refractivity contribution in [3.8, 4) is 11.5 Å². The number of carbonyl (C=O) groups excluding carboxylic acids is 1. The van der Waals surface area contributed by atoms with Gasteiger partial charge in [0.15, 0.2) is 11.5 Å². The number of hydrogen-bond donors (Lipinski definition) is 0. The van der Waals surface area contributed by atoms with Gasteiger partial charge in [-0.2, -0.15) is 0 Å². The first-order valence-corrected chi connectivity index (χ1v) is 5.55. The van der Waals surface area contributed by atoms with Crippen molar-refractivity contribution in [3.05, 3.63) is 35.7 Å². The molecule has 0 fully saturated rings. The molecular formula is C12H11N3O3. The minimum atomic E-state index is -0.176. The summed E-state index contributed by atoms with van der Waals surface area (Å²) in [7, 11) is 1.67. The van der Waals surface area contributed by atoms with Crippen LogP contribution >= 0.6 is 0 Å². The number of fused-ring (bicyclic) bond motifs is 1. The van der Waals surface area contributed by atoms with Crippen LogP contribution in [0.2, 0.25) is 0 Å². The Bertz CT molecular complexity index is 606. The first-order chi connectivity index (χ1) is 8.77. The third-order valence-electron chi connectivity index (χ3n) is 2.76. The lowest BCUT2D eigenvalue weighted by atomic mass is 10.1. The van der Waals surface area contributed by atoms with Gasteiger partial charge in [-0.25, -0.2) is 4.68 Å². The zero-order valence-electron chi connectivity index (χ0n) is 9.79. The molecule has 92 valence electrons. The van der Waals surface area contributed by atoms with Gasteiger partial charge in [0.2, 0.25) is 5.78 Å². The van der Waals surface area contributed by atoms with Crippen molar-refractivity contribution < 1.29 is 14.3 Å². The van der Waals surface area contributed by atoms with Crippen molar-refractivity contribution >= 4 is 5.78 Å². The van der Waals surface area contributed by atoms with E-state index in [1.807, 2.05) is 0 Å². The number of rotatable bonds is 2. The molecule has 0 atom stereocenters. The summed E-state index contributed by atoms with van der Waals surface area (Å²) >= 11 is 0. The third kappa shape index (κ3) is 1.62. The predicted molar refractivity (Wildman–Crippen MR) is 61.9 cm³/mol. The van der Waals surface area contributed by atoms with E-state index in [1.165, 1.54) is 10.9 Å². The number of carbonyl (C=O) groups is 1. The molecule has 6 nitrogen and oxygen atoms in total. The standard InChI is InChI=1S/C12H11N3O3/c1-15-9(7-13-14-15)11(16)8-3-2-4-10-12(8)18-6-5-17-10/h2-4,7H,5-6H2,1H3. The summed E-state index contributed by atoms with van der Waals surface area (Å²) in [5, 5.41) is 7.45. The minimum Gasteiger partial charge on any atom is -0.486 e. The molecule has 0 N–H and O–H groups in total. The van der Waals surface area contributed by atoms with E-state index in [9.17, 15) is 4.79 Å². The van der Waals surface area contributed by atoms with E-state index < -0.39 is 0 Å². The van der Waals surface area contributed by atoms with E-state index in [-0.39, 0.29) is 5.78 Å². The molecule has 0 aliphatic carbocycles. The molecule has 0 bridgehead atoms. The minimum absolute atomic E-state index is 0.176. The molecule has 2 heterocycles. The van der Waals surface area contributed by atoms with Gasteiger partial charge in [-0.3, -0.25) is 4.79 Å². The number of aromatic nitrogens is 3. The van der Waals surface area contributed by atoms with Crippen LogP contribution in [0.25, 0.3) is 0 Å². The highest BCUT2D eigenvalue weighted by Crippen LogP contribution is 2.34. The average Bonchev–Trinajstić information content (AvgIpc) is 2.83. The Morgan fingerprint density at radius 3 is 2.94 bits per heavy atom. The Kier molecular flexibility index (Phi) is 2.47. The molecule has 1 aromatic heterocycles. The average molecular weight is 245 g/mol. The number of hydrogen-bond acceptors (Lipinski definition) is 5. The molecule has 1 aliphatic heterocycles. The van der Waals surface area contributed by atoms with Gasteiger partial charge in [0.25, 0.3) is 0 Å². The topological polar surface area (TPSA) is 66.2 Å². The molecule has 3 rings (SSSR count). The molecule has 1 aliphatic rings. The lowest BCUT2D eigenvalue weighted by Gasteiger charge is -2.20. The van der Waals surface area contributed by atoms with Crippen LogP contribution in [0.15, 0.2) is 24.4 Å². The maximum absolute atomic E-state index is 12.4. The monoisotopic (exact) mass is 245 g/mol. The Morgan fingerprint density at radius 2 is 2.17 bits per heavy atom. The Labute approximate surface area is 103 Å². The lowest BCUT2D eigenvalue weighted by Crippen LogP contribution is -2.18. The van der Waals surface area contributed by atoms with Gasteiger partial charge in [0, 0.05) is 7.05 Å². The van der Waals surface area contributed by atoms with Crippen LogP contribution in [0, 0.1) is 0 Å². The van der Waals surface area contributed by atoms with E-state index in [1.54, 1.807) is 25.2 Å². The quantitative estimate of drug-likeness (QED) is 0.733. The molecular weight excluding hydrogens is 234 g/mol. The largest absolute Gasteiger partial charge is 0.486 e. The maximum Gasteiger partial charge on any atom is 0.216 e. The second-order valence-electron chi connectivity index (χ2n) is 3.90. The number of ether oxygens (including phenoxy) is 2. The number of benzene rings is 1. The van der Waals surface area contributed by atoms with Crippen LogP contribution < -0.4 is 9.47 Å². The summed E-state index contributed by atoms with van der Waals surface area (Å²) in [4.78, 5) is 12.4. The molecule has 1 aromatic carbocycles. The first-order valence-electron chi connectivity index (χ1n) is 5.55. The van der Waals surface area contributed by atoms with Gasteiger partial charge in [-0.15, -0.1) is 5.10 Å². The number of ketones is 1. The molecule has 0 unspecified atom stereocenters. The molecule has 18 heavy (non-hydrogen) atoms. The van der Waals surface area contributed by atoms with Crippen molar-refractivity contribution in [3.63, 3.8) is 0 Å². The summed E-state index contributed by atoms with van der Waals surface area (Å²) < 4.78 is 12.4. The number of aryl methyl sites for hydroxylation is 1. The second kappa shape index (κ2) is 4.14. The van der Waals surface area contributed by atoms with Crippen molar-refractivity contribution in [2.24, 2.45) is 7.05 Å². The van der Waals surface area contributed by atoms with Crippen molar-refractivity contribution in [2.45, 2.75) is 0 Å². The summed E-state index contributed by atoms with van der Waals surface area (Å²) in [6.07, 6.45) is 1.44. The fraction of sp³-hybridized carbons (Fsp3) is 0.250. The van der Waals surface area contributed by atoms with E-state index in [4.69, 9.17) is 9.47 Å². The third-order valence-corrected chi connectivity index (χ3v) is 2.76. The van der Waals surface area contributed by atoms with Gasteiger partial charge < -0.3 is 9.47 Å². The van der Waals surface area contributed by atoms with E-state index in [2.05, 4.69) is 10.3 Å². The second-order valence-corrected chi connectivity index (χ2v) is 3.90. The summed E-state index contributed by atoms with van der Waals surface area (Å²) in [6.45, 7) is 0.943. The first kappa shape index (κ1) is 10.8. The molecule has 6 heteroatoms. The van der Waals surface area contributed by atoms with Crippen LogP contribution in [-0.4, -0.2) is 34.0 Å². The van der Waals surface area contributed by atoms with Crippen LogP contribution in [-0.2, 0) is 7.05 Å².